The summed E-state index contributed by atoms with van der Waals surface area (Å²) in [4.78, 5) is 0.340. The van der Waals surface area contributed by atoms with Crippen LogP contribution in [-0.2, 0) is 16.6 Å². The van der Waals surface area contributed by atoms with E-state index in [1.54, 1.807) is 29.4 Å². The van der Waals surface area contributed by atoms with Crippen molar-refractivity contribution >= 4 is 10.0 Å². The molecule has 0 aromatic heterocycles. The SMILES string of the molecule is CCCCN(C1CC1)S(=O)(=O)c1cccc(CO)c1C. The molecule has 5 heteroatoms. The number of aliphatic hydroxyl groups is 1. The second-order valence-electron chi connectivity index (χ2n) is 5.40. The van der Waals surface area contributed by atoms with Crippen molar-refractivity contribution in [2.24, 2.45) is 0 Å². The van der Waals surface area contributed by atoms with Crippen LogP contribution in [-0.4, -0.2) is 30.4 Å². The van der Waals surface area contributed by atoms with E-state index in [0.717, 1.165) is 25.7 Å². The number of benzene rings is 1. The van der Waals surface area contributed by atoms with Crippen LogP contribution in [0.2, 0.25) is 0 Å². The third kappa shape index (κ3) is 3.05. The largest absolute Gasteiger partial charge is 0.392 e. The molecule has 1 N–H and O–H groups in total. The zero-order valence-electron chi connectivity index (χ0n) is 12.2. The van der Waals surface area contributed by atoms with E-state index >= 15 is 0 Å². The Morgan fingerprint density at radius 2 is 2.05 bits per heavy atom. The fraction of sp³-hybridized carbons (Fsp3) is 0.600. The minimum atomic E-state index is -3.45. The second kappa shape index (κ2) is 6.24. The summed E-state index contributed by atoms with van der Waals surface area (Å²) in [7, 11) is -3.45. The summed E-state index contributed by atoms with van der Waals surface area (Å²) in [6.45, 7) is 4.29. The summed E-state index contributed by atoms with van der Waals surface area (Å²) in [5.41, 5.74) is 1.34. The number of hydrogen-bond acceptors (Lipinski definition) is 3. The van der Waals surface area contributed by atoms with E-state index in [9.17, 15) is 13.5 Å². The molecule has 0 atom stereocenters. The summed E-state index contributed by atoms with van der Waals surface area (Å²) < 4.78 is 27.4. The summed E-state index contributed by atoms with van der Waals surface area (Å²) >= 11 is 0. The summed E-state index contributed by atoms with van der Waals surface area (Å²) in [6, 6.07) is 5.28. The van der Waals surface area contributed by atoms with Crippen LogP contribution in [0.1, 0.15) is 43.7 Å². The quantitative estimate of drug-likeness (QED) is 0.841. The molecule has 0 radical (unpaired) electrons. The normalized spacial score (nSPS) is 15.8. The maximum absolute atomic E-state index is 12.9. The molecule has 1 aliphatic carbocycles. The van der Waals surface area contributed by atoms with Crippen molar-refractivity contribution in [2.45, 2.75) is 57.1 Å². The van der Waals surface area contributed by atoms with Crippen LogP contribution >= 0.6 is 0 Å². The second-order valence-corrected chi connectivity index (χ2v) is 7.26. The lowest BCUT2D eigenvalue weighted by molar-refractivity contribution is 0.280. The molecule has 0 spiro atoms. The van der Waals surface area contributed by atoms with Gasteiger partial charge in [0.05, 0.1) is 11.5 Å². The van der Waals surface area contributed by atoms with Gasteiger partial charge in [-0.15, -0.1) is 0 Å². The predicted octanol–water partition coefficient (Wildman–Crippen LogP) is 2.44. The number of unbranched alkanes of at least 4 members (excludes halogenated alkanes) is 1. The molecule has 2 rings (SSSR count). The lowest BCUT2D eigenvalue weighted by atomic mass is 10.1. The Morgan fingerprint density at radius 3 is 2.60 bits per heavy atom. The van der Waals surface area contributed by atoms with Gasteiger partial charge in [-0.2, -0.15) is 4.31 Å². The molecule has 20 heavy (non-hydrogen) atoms. The summed E-state index contributed by atoms with van der Waals surface area (Å²) in [5, 5.41) is 9.30. The smallest absolute Gasteiger partial charge is 0.243 e. The van der Waals surface area contributed by atoms with Crippen molar-refractivity contribution in [3.05, 3.63) is 29.3 Å². The van der Waals surface area contributed by atoms with E-state index < -0.39 is 10.0 Å². The lowest BCUT2D eigenvalue weighted by Crippen LogP contribution is -2.34. The first-order valence-corrected chi connectivity index (χ1v) is 8.67. The minimum absolute atomic E-state index is 0.131. The zero-order valence-corrected chi connectivity index (χ0v) is 13.0. The highest BCUT2D eigenvalue weighted by Gasteiger charge is 2.38. The van der Waals surface area contributed by atoms with E-state index in [1.165, 1.54) is 0 Å². The van der Waals surface area contributed by atoms with Crippen LogP contribution in [0.4, 0.5) is 0 Å². The predicted molar refractivity (Wildman–Crippen MR) is 78.9 cm³/mol. The van der Waals surface area contributed by atoms with Crippen molar-refractivity contribution in [3.8, 4) is 0 Å². The zero-order chi connectivity index (χ0) is 14.8. The van der Waals surface area contributed by atoms with Crippen molar-refractivity contribution in [1.82, 2.24) is 4.31 Å². The number of nitrogens with zero attached hydrogens (tertiary/aromatic N) is 1. The highest BCUT2D eigenvalue weighted by atomic mass is 32.2. The molecule has 1 fully saturated rings. The first kappa shape index (κ1) is 15.5. The van der Waals surface area contributed by atoms with E-state index in [1.807, 2.05) is 0 Å². The monoisotopic (exact) mass is 297 g/mol. The number of rotatable bonds is 7. The lowest BCUT2D eigenvalue weighted by Gasteiger charge is -2.23. The van der Waals surface area contributed by atoms with Gasteiger partial charge in [0.2, 0.25) is 10.0 Å². The van der Waals surface area contributed by atoms with Gasteiger partial charge in [0.15, 0.2) is 0 Å². The first-order chi connectivity index (χ1) is 9.52. The van der Waals surface area contributed by atoms with Crippen molar-refractivity contribution < 1.29 is 13.5 Å². The van der Waals surface area contributed by atoms with Crippen molar-refractivity contribution in [2.75, 3.05) is 6.54 Å². The first-order valence-electron chi connectivity index (χ1n) is 7.23. The van der Waals surface area contributed by atoms with Gasteiger partial charge < -0.3 is 5.11 Å². The van der Waals surface area contributed by atoms with E-state index in [0.29, 0.717) is 22.6 Å². The minimum Gasteiger partial charge on any atom is -0.392 e. The number of hydrogen-bond donors (Lipinski definition) is 1. The van der Waals surface area contributed by atoms with Crippen LogP contribution in [0.3, 0.4) is 0 Å². The van der Waals surface area contributed by atoms with Gasteiger partial charge in [-0.25, -0.2) is 8.42 Å². The molecule has 0 unspecified atom stereocenters. The molecule has 4 nitrogen and oxygen atoms in total. The highest BCUT2D eigenvalue weighted by Crippen LogP contribution is 2.33. The Balaban J connectivity index is 2.37. The van der Waals surface area contributed by atoms with Crippen LogP contribution in [0.15, 0.2) is 23.1 Å². The molecular weight excluding hydrogens is 274 g/mol. The molecule has 0 aliphatic heterocycles. The van der Waals surface area contributed by atoms with Crippen LogP contribution < -0.4 is 0 Å². The maximum atomic E-state index is 12.9. The maximum Gasteiger partial charge on any atom is 0.243 e. The van der Waals surface area contributed by atoms with E-state index in [4.69, 9.17) is 0 Å². The third-order valence-corrected chi connectivity index (χ3v) is 5.94. The summed E-state index contributed by atoms with van der Waals surface area (Å²) in [5.74, 6) is 0. The highest BCUT2D eigenvalue weighted by molar-refractivity contribution is 7.89. The van der Waals surface area contributed by atoms with Crippen LogP contribution in [0, 0.1) is 6.92 Å². The number of sulfonamides is 1. The molecule has 0 bridgehead atoms. The van der Waals surface area contributed by atoms with Gasteiger partial charge in [0.1, 0.15) is 0 Å². The molecule has 0 saturated heterocycles. The van der Waals surface area contributed by atoms with Crippen molar-refractivity contribution in [3.63, 3.8) is 0 Å². The molecule has 1 aliphatic rings. The molecule has 112 valence electrons. The molecule has 1 aromatic rings. The average molecular weight is 297 g/mol. The van der Waals surface area contributed by atoms with Crippen LogP contribution in [0.25, 0.3) is 0 Å². The Kier molecular flexibility index (Phi) is 4.83. The molecular formula is C15H23NO3S. The number of aliphatic hydroxyl groups excluding tert-OH is 1. The van der Waals surface area contributed by atoms with Gasteiger partial charge in [-0.1, -0.05) is 25.5 Å². The topological polar surface area (TPSA) is 57.6 Å². The molecule has 1 aromatic carbocycles. The van der Waals surface area contributed by atoms with Gasteiger partial charge in [0.25, 0.3) is 0 Å². The molecule has 0 heterocycles. The Bertz CT molecular complexity index is 564. The standard InChI is InChI=1S/C15H23NO3S/c1-3-4-10-16(14-8-9-14)20(18,19)15-7-5-6-13(11-17)12(15)2/h5-7,14,17H,3-4,8-11H2,1-2H3. The average Bonchev–Trinajstić information content (AvgIpc) is 3.23. The molecule has 0 amide bonds. The molecule has 1 saturated carbocycles. The Hall–Kier alpha value is -0.910. The van der Waals surface area contributed by atoms with Gasteiger partial charge in [-0.05, 0) is 43.4 Å². The van der Waals surface area contributed by atoms with Gasteiger partial charge in [-0.3, -0.25) is 0 Å². The summed E-state index contributed by atoms with van der Waals surface area (Å²) in [6.07, 6.45) is 3.78. The van der Waals surface area contributed by atoms with E-state index in [-0.39, 0.29) is 12.6 Å². The third-order valence-electron chi connectivity index (χ3n) is 3.84. The van der Waals surface area contributed by atoms with Gasteiger partial charge in [0, 0.05) is 12.6 Å². The Morgan fingerprint density at radius 1 is 1.35 bits per heavy atom. The van der Waals surface area contributed by atoms with Crippen molar-refractivity contribution in [1.29, 1.82) is 0 Å². The van der Waals surface area contributed by atoms with Gasteiger partial charge >= 0.3 is 0 Å². The van der Waals surface area contributed by atoms with E-state index in [2.05, 4.69) is 6.92 Å². The van der Waals surface area contributed by atoms with Crippen LogP contribution in [0.5, 0.6) is 0 Å². The fourth-order valence-corrected chi connectivity index (χ4v) is 4.41. The fourth-order valence-electron chi connectivity index (χ4n) is 2.41. The Labute approximate surface area is 121 Å².